The normalized spacial score (nSPS) is 15.2. The van der Waals surface area contributed by atoms with Crippen LogP contribution in [0, 0.1) is 0 Å². The fourth-order valence-corrected chi connectivity index (χ4v) is 4.46. The van der Waals surface area contributed by atoms with Gasteiger partial charge in [-0.05, 0) is 50.1 Å². The first-order valence-electron chi connectivity index (χ1n) is 10.3. The Morgan fingerprint density at radius 2 is 1.81 bits per heavy atom. The molecule has 0 saturated heterocycles. The van der Waals surface area contributed by atoms with E-state index in [2.05, 4.69) is 15.0 Å². The molecular weight excluding hydrogens is 418 g/mol. The van der Waals surface area contributed by atoms with Gasteiger partial charge in [-0.25, -0.2) is 8.42 Å². The lowest BCUT2D eigenvalue weighted by atomic mass is 10.1. The van der Waals surface area contributed by atoms with Gasteiger partial charge in [0.2, 0.25) is 5.91 Å². The quantitative estimate of drug-likeness (QED) is 0.584. The number of amidine groups is 1. The maximum atomic E-state index is 12.1. The monoisotopic (exact) mass is 445 g/mol. The fraction of sp³-hybridized carbons (Fsp3) is 0.364. The molecule has 0 atom stereocenters. The lowest BCUT2D eigenvalue weighted by Crippen LogP contribution is -2.27. The van der Waals surface area contributed by atoms with Gasteiger partial charge in [-0.2, -0.15) is 0 Å². The van der Waals surface area contributed by atoms with E-state index in [1.807, 2.05) is 32.0 Å². The van der Waals surface area contributed by atoms with Gasteiger partial charge in [0.25, 0.3) is 10.0 Å². The van der Waals surface area contributed by atoms with Crippen molar-refractivity contribution in [1.82, 2.24) is 10.0 Å². The molecule has 1 amide bonds. The molecule has 0 saturated carbocycles. The lowest BCUT2D eigenvalue weighted by molar-refractivity contribution is -0.120. The first-order chi connectivity index (χ1) is 14.9. The Morgan fingerprint density at radius 1 is 1.06 bits per heavy atom. The highest BCUT2D eigenvalue weighted by Crippen LogP contribution is 2.28. The third-order valence-electron chi connectivity index (χ3n) is 4.62. The zero-order valence-electron chi connectivity index (χ0n) is 17.7. The van der Waals surface area contributed by atoms with Crippen LogP contribution in [-0.4, -0.2) is 46.5 Å². The first kappa shape index (κ1) is 22.6. The Morgan fingerprint density at radius 3 is 2.58 bits per heavy atom. The van der Waals surface area contributed by atoms with Gasteiger partial charge in [0.1, 0.15) is 5.84 Å². The van der Waals surface area contributed by atoms with E-state index in [-0.39, 0.29) is 29.6 Å². The third kappa shape index (κ3) is 5.75. The Balaban J connectivity index is 1.48. The average Bonchev–Trinajstić information content (AvgIpc) is 3.01. The van der Waals surface area contributed by atoms with Crippen LogP contribution in [0.2, 0.25) is 0 Å². The molecule has 0 radical (unpaired) electrons. The van der Waals surface area contributed by atoms with Gasteiger partial charge in [-0.3, -0.25) is 14.5 Å². The van der Waals surface area contributed by atoms with Gasteiger partial charge in [0, 0.05) is 18.5 Å². The number of aliphatic imine (C=N–C) groups is 1. The summed E-state index contributed by atoms with van der Waals surface area (Å²) in [6.45, 7) is 5.61. The van der Waals surface area contributed by atoms with Crippen molar-refractivity contribution in [1.29, 1.82) is 0 Å². The van der Waals surface area contributed by atoms with Crippen molar-refractivity contribution in [2.75, 3.05) is 26.3 Å². The largest absolute Gasteiger partial charge is 0.490 e. The number of hydrogen-bond acceptors (Lipinski definition) is 6. The van der Waals surface area contributed by atoms with Gasteiger partial charge in [0.05, 0.1) is 24.7 Å². The van der Waals surface area contributed by atoms with Crippen LogP contribution in [0.4, 0.5) is 0 Å². The molecular formula is C22H27N3O5S. The van der Waals surface area contributed by atoms with E-state index in [1.165, 1.54) is 6.07 Å². The zero-order chi connectivity index (χ0) is 22.3. The Hall–Kier alpha value is -3.07. The summed E-state index contributed by atoms with van der Waals surface area (Å²) in [7, 11) is -3.57. The van der Waals surface area contributed by atoms with Crippen molar-refractivity contribution in [3.8, 4) is 11.5 Å². The maximum Gasteiger partial charge on any atom is 0.263 e. The van der Waals surface area contributed by atoms with Crippen molar-refractivity contribution >= 4 is 21.8 Å². The van der Waals surface area contributed by atoms with Crippen LogP contribution in [0.5, 0.6) is 11.5 Å². The number of nitrogens with one attached hydrogen (secondary N) is 2. The molecule has 0 spiro atoms. The van der Waals surface area contributed by atoms with Crippen LogP contribution in [0.1, 0.15) is 31.4 Å². The van der Waals surface area contributed by atoms with Gasteiger partial charge in [0.15, 0.2) is 11.5 Å². The van der Waals surface area contributed by atoms with Crippen LogP contribution < -0.4 is 19.5 Å². The molecule has 0 unspecified atom stereocenters. The molecule has 3 rings (SSSR count). The summed E-state index contributed by atoms with van der Waals surface area (Å²) < 4.78 is 37.8. The number of amides is 1. The van der Waals surface area contributed by atoms with Crippen molar-refractivity contribution < 1.29 is 22.7 Å². The summed E-state index contributed by atoms with van der Waals surface area (Å²) in [5.41, 5.74) is 1.56. The summed E-state index contributed by atoms with van der Waals surface area (Å²) in [6.07, 6.45) is 0.820. The smallest absolute Gasteiger partial charge is 0.263 e. The molecule has 1 heterocycles. The molecule has 2 aromatic carbocycles. The summed E-state index contributed by atoms with van der Waals surface area (Å²) in [5.74, 6) is 1.54. The molecule has 0 bridgehead atoms. The first-order valence-corrected chi connectivity index (χ1v) is 11.7. The Labute approximate surface area is 182 Å². The van der Waals surface area contributed by atoms with E-state index in [1.54, 1.807) is 18.2 Å². The summed E-state index contributed by atoms with van der Waals surface area (Å²) in [5, 5.41) is 2.86. The number of sulfonamides is 1. The highest BCUT2D eigenvalue weighted by molar-refractivity contribution is 7.90. The predicted molar refractivity (Wildman–Crippen MR) is 118 cm³/mol. The Kier molecular flexibility index (Phi) is 7.51. The highest BCUT2D eigenvalue weighted by Gasteiger charge is 2.29. The molecule has 8 nitrogen and oxygen atoms in total. The van der Waals surface area contributed by atoms with E-state index in [0.717, 1.165) is 5.56 Å². The second-order valence-corrected chi connectivity index (χ2v) is 8.48. The van der Waals surface area contributed by atoms with Crippen molar-refractivity contribution in [2.45, 2.75) is 31.6 Å². The molecule has 0 aromatic heterocycles. The number of ether oxygens (including phenoxy) is 2. The molecule has 9 heteroatoms. The second kappa shape index (κ2) is 10.3. The topological polar surface area (TPSA) is 106 Å². The standard InChI is InChI=1S/C22H27N3O5S/c1-3-29-18-10-9-16(15-19(18)30-4-2)11-13-23-21(26)12-14-24-22-17-7-5-6-8-20(17)31(27,28)25-22/h5-10,15H,3-4,11-14H2,1-2H3,(H,23,26)(H,24,25). The highest BCUT2D eigenvalue weighted by atomic mass is 32.2. The average molecular weight is 446 g/mol. The molecule has 1 aliphatic rings. The molecule has 166 valence electrons. The van der Waals surface area contributed by atoms with Crippen LogP contribution in [0.3, 0.4) is 0 Å². The van der Waals surface area contributed by atoms with E-state index in [9.17, 15) is 13.2 Å². The predicted octanol–water partition coefficient (Wildman–Crippen LogP) is 2.27. The van der Waals surface area contributed by atoms with E-state index in [4.69, 9.17) is 9.47 Å². The number of rotatable bonds is 10. The van der Waals surface area contributed by atoms with Gasteiger partial charge >= 0.3 is 0 Å². The number of fused-ring (bicyclic) bond motifs is 1. The maximum absolute atomic E-state index is 12.1. The SMILES string of the molecule is CCOc1ccc(CCNC(=O)CCN=C2NS(=O)(=O)c3ccccc32)cc1OCC. The summed E-state index contributed by atoms with van der Waals surface area (Å²) in [4.78, 5) is 16.6. The number of carbonyl (C=O) groups is 1. The summed E-state index contributed by atoms with van der Waals surface area (Å²) in [6, 6.07) is 12.4. The van der Waals surface area contributed by atoms with Gasteiger partial charge < -0.3 is 14.8 Å². The molecule has 31 heavy (non-hydrogen) atoms. The van der Waals surface area contributed by atoms with Crippen LogP contribution in [-0.2, 0) is 21.2 Å². The van der Waals surface area contributed by atoms with Crippen LogP contribution in [0.15, 0.2) is 52.4 Å². The van der Waals surface area contributed by atoms with Crippen molar-refractivity contribution in [3.63, 3.8) is 0 Å². The lowest BCUT2D eigenvalue weighted by Gasteiger charge is -2.12. The minimum Gasteiger partial charge on any atom is -0.490 e. The van der Waals surface area contributed by atoms with Crippen LogP contribution in [0.25, 0.3) is 0 Å². The number of hydrogen-bond donors (Lipinski definition) is 2. The zero-order valence-corrected chi connectivity index (χ0v) is 18.5. The number of benzene rings is 2. The van der Waals surface area contributed by atoms with Crippen molar-refractivity contribution in [3.05, 3.63) is 53.6 Å². The minimum absolute atomic E-state index is 0.144. The third-order valence-corrected chi connectivity index (χ3v) is 6.01. The van der Waals surface area contributed by atoms with E-state index >= 15 is 0 Å². The minimum atomic E-state index is -3.57. The number of carbonyl (C=O) groups excluding carboxylic acids is 1. The second-order valence-electron chi connectivity index (χ2n) is 6.83. The Bertz CT molecular complexity index is 1070. The van der Waals surface area contributed by atoms with Crippen LogP contribution >= 0.6 is 0 Å². The number of nitrogens with zero attached hydrogens (tertiary/aromatic N) is 1. The molecule has 2 N–H and O–H groups in total. The summed E-state index contributed by atoms with van der Waals surface area (Å²) >= 11 is 0. The molecule has 2 aromatic rings. The van der Waals surface area contributed by atoms with E-state index < -0.39 is 10.0 Å². The molecule has 0 fully saturated rings. The van der Waals surface area contributed by atoms with Gasteiger partial charge in [-0.1, -0.05) is 18.2 Å². The van der Waals surface area contributed by atoms with E-state index in [0.29, 0.717) is 43.2 Å². The van der Waals surface area contributed by atoms with Gasteiger partial charge in [-0.15, -0.1) is 0 Å². The van der Waals surface area contributed by atoms with Crippen molar-refractivity contribution in [2.24, 2.45) is 4.99 Å². The fourth-order valence-electron chi connectivity index (χ4n) is 3.21. The molecule has 1 aliphatic heterocycles. The molecule has 0 aliphatic carbocycles.